The summed E-state index contributed by atoms with van der Waals surface area (Å²) in [5, 5.41) is 20.9. The van der Waals surface area contributed by atoms with Crippen molar-refractivity contribution in [2.75, 3.05) is 0 Å². The molecule has 0 amide bonds. The molecule has 52 heavy (non-hydrogen) atoms. The zero-order valence-electron chi connectivity index (χ0n) is 33.5. The van der Waals surface area contributed by atoms with Crippen molar-refractivity contribution >= 4 is 17.7 Å². The van der Waals surface area contributed by atoms with Crippen LogP contribution in [-0.2, 0) is 23.9 Å². The molecule has 13 atom stereocenters. The van der Waals surface area contributed by atoms with Crippen LogP contribution in [0.25, 0.3) is 0 Å². The summed E-state index contributed by atoms with van der Waals surface area (Å²) < 4.78 is 11.3. The van der Waals surface area contributed by atoms with Crippen molar-refractivity contribution in [3.63, 3.8) is 0 Å². The molecule has 4 saturated carbocycles. The van der Waals surface area contributed by atoms with E-state index in [2.05, 4.69) is 68.0 Å². The third-order valence-corrected chi connectivity index (χ3v) is 17.6. The molecule has 2 N–H and O–H groups in total. The molecule has 0 radical (unpaired) electrons. The molecular weight excluding hydrogens is 652 g/mol. The van der Waals surface area contributed by atoms with E-state index in [1.54, 1.807) is 0 Å². The first-order valence-electron chi connectivity index (χ1n) is 20.5. The average molecular weight is 719 g/mol. The Morgan fingerprint density at radius 1 is 0.904 bits per heavy atom. The normalized spacial score (nSPS) is 50.5. The fourth-order valence-electron chi connectivity index (χ4n) is 13.6. The van der Waals surface area contributed by atoms with Crippen molar-refractivity contribution in [2.45, 2.75) is 170 Å². The highest BCUT2D eigenvalue weighted by Crippen LogP contribution is 2.75. The maximum Gasteiger partial charge on any atom is 0.334 e. The number of hydrogen-bond acceptors (Lipinski definition) is 6. The minimum Gasteiger partial charge on any atom is -0.481 e. The number of fused-ring (bicyclic) bond motifs is 10. The lowest BCUT2D eigenvalue weighted by Crippen LogP contribution is -2.66. The first-order valence-corrected chi connectivity index (χ1v) is 20.5. The Labute approximate surface area is 312 Å². The number of aliphatic carboxylic acids is 1. The number of aliphatic hydroxyl groups excluding tert-OH is 1. The zero-order chi connectivity index (χ0) is 38.0. The SMILES string of the molecule is C=C1C(=O)OC2C1CCC(C)=CCCC1(C)OC21.CC1(C(=O)O)CCC2(C)CCC3(C)C(=CC(=O)C4C5(C)CCC(O)C(C)(C)C5CCC43C)C2C1. The van der Waals surface area contributed by atoms with Gasteiger partial charge in [0, 0.05) is 17.4 Å². The van der Waals surface area contributed by atoms with Crippen LogP contribution in [0.15, 0.2) is 35.5 Å². The van der Waals surface area contributed by atoms with E-state index < -0.39 is 11.4 Å². The van der Waals surface area contributed by atoms with Gasteiger partial charge < -0.3 is 19.7 Å². The van der Waals surface area contributed by atoms with Crippen LogP contribution < -0.4 is 0 Å². The summed E-state index contributed by atoms with van der Waals surface area (Å²) in [7, 11) is 0. The molecule has 0 spiro atoms. The predicted molar refractivity (Wildman–Crippen MR) is 201 cm³/mol. The van der Waals surface area contributed by atoms with E-state index in [1.807, 2.05) is 13.0 Å². The Balaban J connectivity index is 0.000000196. The van der Waals surface area contributed by atoms with Gasteiger partial charge in [0.15, 0.2) is 5.78 Å². The molecule has 0 bridgehead atoms. The average Bonchev–Trinajstić information content (AvgIpc) is 3.65. The molecule has 0 aromatic heterocycles. The first kappa shape index (κ1) is 38.0. The number of epoxide rings is 1. The molecule has 6 fully saturated rings. The lowest BCUT2D eigenvalue weighted by Gasteiger charge is -2.70. The van der Waals surface area contributed by atoms with Crippen molar-refractivity contribution in [1.29, 1.82) is 0 Å². The molecule has 2 heterocycles. The lowest BCUT2D eigenvalue weighted by molar-refractivity contribution is -0.202. The highest BCUT2D eigenvalue weighted by Gasteiger charge is 2.70. The Bertz CT molecular complexity index is 1620. The van der Waals surface area contributed by atoms with Crippen molar-refractivity contribution in [1.82, 2.24) is 0 Å². The highest BCUT2D eigenvalue weighted by molar-refractivity contribution is 5.96. The van der Waals surface area contributed by atoms with Gasteiger partial charge in [0.25, 0.3) is 0 Å². The standard InChI is InChI=1S/C30H46O4.C15H20O3/c1-25(2)21-8-11-30(7)23(28(21,5)10-9-22(25)32)20(31)16-18-19-17-27(4,24(33)34)13-12-26(19,3)14-15-29(18,30)6;1-9-5-4-8-15(3)13(18-15)12-11(7-6-9)10(2)14(16)17-12/h16,19,21-23,32H,8-15,17H2,1-7H3,(H,33,34);5,11-13H,2,4,6-8H2,1,3H3. The number of carbonyl (C=O) groups excluding carboxylic acids is 2. The molecule has 7 nitrogen and oxygen atoms in total. The number of aliphatic hydroxyl groups is 1. The van der Waals surface area contributed by atoms with Crippen LogP contribution >= 0.6 is 0 Å². The number of hydrogen-bond donors (Lipinski definition) is 2. The van der Waals surface area contributed by atoms with Crippen LogP contribution in [0.4, 0.5) is 0 Å². The number of carboxylic acids is 1. The second-order valence-electron chi connectivity index (χ2n) is 20.9. The maximum absolute atomic E-state index is 14.2. The zero-order valence-corrected chi connectivity index (χ0v) is 33.5. The smallest absolute Gasteiger partial charge is 0.334 e. The van der Waals surface area contributed by atoms with Gasteiger partial charge >= 0.3 is 11.9 Å². The highest BCUT2D eigenvalue weighted by atomic mass is 16.6. The molecule has 0 aromatic carbocycles. The number of rotatable bonds is 1. The van der Waals surface area contributed by atoms with Crippen LogP contribution in [0, 0.1) is 56.2 Å². The van der Waals surface area contributed by atoms with Gasteiger partial charge in [-0.15, -0.1) is 0 Å². The van der Waals surface area contributed by atoms with Gasteiger partial charge in [0.2, 0.25) is 0 Å². The van der Waals surface area contributed by atoms with E-state index >= 15 is 0 Å². The van der Waals surface area contributed by atoms with E-state index in [4.69, 9.17) is 9.47 Å². The number of carbonyl (C=O) groups is 3. The number of ether oxygens (including phenoxy) is 2. The molecular formula is C45H66O7. The van der Waals surface area contributed by atoms with Gasteiger partial charge in [0.1, 0.15) is 12.2 Å². The van der Waals surface area contributed by atoms with Crippen LogP contribution in [-0.4, -0.2) is 51.8 Å². The monoisotopic (exact) mass is 718 g/mol. The van der Waals surface area contributed by atoms with Gasteiger partial charge in [-0.1, -0.05) is 65.3 Å². The van der Waals surface area contributed by atoms with Gasteiger partial charge in [-0.25, -0.2) is 4.79 Å². The Morgan fingerprint density at radius 2 is 1.60 bits per heavy atom. The minimum atomic E-state index is -0.711. The van der Waals surface area contributed by atoms with E-state index in [0.717, 1.165) is 77.0 Å². The molecule has 8 rings (SSSR count). The second-order valence-corrected chi connectivity index (χ2v) is 20.9. The summed E-state index contributed by atoms with van der Waals surface area (Å²) in [5.74, 6) is -0.0420. The Kier molecular flexibility index (Phi) is 8.87. The van der Waals surface area contributed by atoms with Gasteiger partial charge in [-0.05, 0) is 149 Å². The van der Waals surface area contributed by atoms with Crippen molar-refractivity contribution in [3.8, 4) is 0 Å². The second kappa shape index (κ2) is 12.1. The molecule has 288 valence electrons. The van der Waals surface area contributed by atoms with Gasteiger partial charge in [0.05, 0.1) is 17.1 Å². The van der Waals surface area contributed by atoms with E-state index in [0.29, 0.717) is 17.9 Å². The summed E-state index contributed by atoms with van der Waals surface area (Å²) >= 11 is 0. The molecule has 0 aromatic rings. The summed E-state index contributed by atoms with van der Waals surface area (Å²) in [6.45, 7) is 24.0. The minimum absolute atomic E-state index is 0.0296. The van der Waals surface area contributed by atoms with Crippen LogP contribution in [0.1, 0.15) is 146 Å². The summed E-state index contributed by atoms with van der Waals surface area (Å²) in [4.78, 5) is 38.1. The van der Waals surface area contributed by atoms with Crippen molar-refractivity contribution in [2.24, 2.45) is 56.2 Å². The number of ketones is 1. The third-order valence-electron chi connectivity index (χ3n) is 17.6. The van der Waals surface area contributed by atoms with Crippen LogP contribution in [0.3, 0.4) is 0 Å². The van der Waals surface area contributed by atoms with Crippen molar-refractivity contribution < 1.29 is 34.1 Å². The maximum atomic E-state index is 14.2. The molecule has 13 unspecified atom stereocenters. The molecule has 2 aliphatic heterocycles. The lowest BCUT2D eigenvalue weighted by atomic mass is 9.33. The molecule has 6 aliphatic carbocycles. The molecule has 8 aliphatic rings. The van der Waals surface area contributed by atoms with E-state index in [-0.39, 0.29) is 80.5 Å². The van der Waals surface area contributed by atoms with Crippen LogP contribution in [0.2, 0.25) is 0 Å². The number of allylic oxidation sites excluding steroid dienone is 4. The van der Waals surface area contributed by atoms with Crippen molar-refractivity contribution in [3.05, 3.63) is 35.5 Å². The fraction of sp³-hybridized carbons (Fsp3) is 0.800. The van der Waals surface area contributed by atoms with Crippen LogP contribution in [0.5, 0.6) is 0 Å². The molecule has 2 saturated heterocycles. The van der Waals surface area contributed by atoms with Gasteiger partial charge in [-0.2, -0.15) is 0 Å². The largest absolute Gasteiger partial charge is 0.481 e. The Hall–Kier alpha value is -2.25. The first-order chi connectivity index (χ1) is 24.1. The fourth-order valence-corrected chi connectivity index (χ4v) is 13.6. The topological polar surface area (TPSA) is 113 Å². The summed E-state index contributed by atoms with van der Waals surface area (Å²) in [6.07, 6.45) is 16.2. The van der Waals surface area contributed by atoms with Gasteiger partial charge in [-0.3, -0.25) is 9.59 Å². The van der Waals surface area contributed by atoms with E-state index in [9.17, 15) is 24.6 Å². The number of carboxylic acid groups (broad SMARTS) is 1. The quantitative estimate of drug-likeness (QED) is 0.120. The summed E-state index contributed by atoms with van der Waals surface area (Å²) in [6, 6.07) is 0. The molecule has 7 heteroatoms. The Morgan fingerprint density at radius 3 is 2.29 bits per heavy atom. The predicted octanol–water partition coefficient (Wildman–Crippen LogP) is 9.17. The number of esters is 1. The summed E-state index contributed by atoms with van der Waals surface area (Å²) in [5.41, 5.74) is 2.06. The van der Waals surface area contributed by atoms with E-state index in [1.165, 1.54) is 11.1 Å². The third kappa shape index (κ3) is 5.42.